The number of carbonyl (C=O) groups is 1. The highest BCUT2D eigenvalue weighted by molar-refractivity contribution is 6.31. The zero-order valence-corrected chi connectivity index (χ0v) is 13.2. The van der Waals surface area contributed by atoms with Crippen LogP contribution in [0.2, 0.25) is 5.02 Å². The summed E-state index contributed by atoms with van der Waals surface area (Å²) >= 11 is 5.99. The molecule has 1 heterocycles. The summed E-state index contributed by atoms with van der Waals surface area (Å²) in [6.45, 7) is 0. The van der Waals surface area contributed by atoms with Crippen LogP contribution in [0.15, 0.2) is 53.7 Å². The molecular formula is C18H19ClN2O. The predicted molar refractivity (Wildman–Crippen MR) is 88.0 cm³/mol. The maximum Gasteiger partial charge on any atom is 0.263 e. The Morgan fingerprint density at radius 2 is 1.91 bits per heavy atom. The summed E-state index contributed by atoms with van der Waals surface area (Å²) in [5.41, 5.74) is 1.29. The van der Waals surface area contributed by atoms with Gasteiger partial charge in [0.1, 0.15) is 5.49 Å². The second-order valence-electron chi connectivity index (χ2n) is 5.67. The molecule has 0 N–H and O–H groups in total. The van der Waals surface area contributed by atoms with E-state index >= 15 is 0 Å². The van der Waals surface area contributed by atoms with Crippen LogP contribution in [0.25, 0.3) is 0 Å². The van der Waals surface area contributed by atoms with Crippen molar-refractivity contribution in [3.05, 3.63) is 64.7 Å². The van der Waals surface area contributed by atoms with Crippen LogP contribution in [-0.4, -0.2) is 16.5 Å². The van der Waals surface area contributed by atoms with E-state index < -0.39 is 0 Å². The van der Waals surface area contributed by atoms with Gasteiger partial charge in [-0.15, -0.1) is 0 Å². The largest absolute Gasteiger partial charge is 0.268 e. The van der Waals surface area contributed by atoms with Crippen molar-refractivity contribution in [3.63, 3.8) is 0 Å². The first-order valence-electron chi connectivity index (χ1n) is 7.76. The van der Waals surface area contributed by atoms with E-state index in [0.717, 1.165) is 18.3 Å². The highest BCUT2D eigenvalue weighted by Crippen LogP contribution is 2.19. The van der Waals surface area contributed by atoms with Gasteiger partial charge in [-0.2, -0.15) is 0 Å². The Bertz CT molecular complexity index is 730. The molecule has 0 spiro atoms. The molecule has 22 heavy (non-hydrogen) atoms. The van der Waals surface area contributed by atoms with Gasteiger partial charge in [0.25, 0.3) is 5.91 Å². The van der Waals surface area contributed by atoms with Gasteiger partial charge in [-0.05, 0) is 43.2 Å². The van der Waals surface area contributed by atoms with Crippen molar-refractivity contribution < 1.29 is 4.79 Å². The van der Waals surface area contributed by atoms with Crippen molar-refractivity contribution in [2.45, 2.75) is 38.1 Å². The molecule has 3 rings (SSSR count). The SMILES string of the molecule is O=C(c1cccc(Cl)c1)n1ccccc1=NC1CCCCC1. The highest BCUT2D eigenvalue weighted by Gasteiger charge is 2.13. The standard InChI is InChI=1S/C18H19ClN2O/c19-15-8-6-7-14(13-15)18(22)21-12-5-4-11-17(21)20-16-9-2-1-3-10-16/h4-8,11-13,16H,1-3,9-10H2. The summed E-state index contributed by atoms with van der Waals surface area (Å²) in [6, 6.07) is 13.0. The third-order valence-corrected chi connectivity index (χ3v) is 4.25. The Morgan fingerprint density at radius 1 is 1.09 bits per heavy atom. The lowest BCUT2D eigenvalue weighted by Gasteiger charge is -2.17. The quantitative estimate of drug-likeness (QED) is 0.823. The molecule has 0 amide bonds. The molecule has 1 aliphatic carbocycles. The van der Waals surface area contributed by atoms with Crippen LogP contribution in [0.4, 0.5) is 0 Å². The van der Waals surface area contributed by atoms with E-state index in [1.807, 2.05) is 18.2 Å². The molecule has 2 aromatic rings. The van der Waals surface area contributed by atoms with Gasteiger partial charge in [-0.1, -0.05) is 43.0 Å². The lowest BCUT2D eigenvalue weighted by Crippen LogP contribution is -2.29. The molecule has 0 aliphatic heterocycles. The molecule has 1 saturated carbocycles. The van der Waals surface area contributed by atoms with Gasteiger partial charge >= 0.3 is 0 Å². The van der Waals surface area contributed by atoms with Crippen molar-refractivity contribution in [1.82, 2.24) is 4.57 Å². The Hall–Kier alpha value is -1.87. The van der Waals surface area contributed by atoms with Crippen LogP contribution in [0, 0.1) is 0 Å². The van der Waals surface area contributed by atoms with E-state index in [2.05, 4.69) is 0 Å². The van der Waals surface area contributed by atoms with E-state index in [4.69, 9.17) is 16.6 Å². The second-order valence-corrected chi connectivity index (χ2v) is 6.10. The van der Waals surface area contributed by atoms with Gasteiger partial charge in [0.15, 0.2) is 0 Å². The molecular weight excluding hydrogens is 296 g/mol. The zero-order valence-electron chi connectivity index (χ0n) is 12.4. The van der Waals surface area contributed by atoms with Gasteiger partial charge in [0.05, 0.1) is 6.04 Å². The summed E-state index contributed by atoms with van der Waals surface area (Å²) in [5.74, 6) is -0.0994. The van der Waals surface area contributed by atoms with E-state index in [1.54, 1.807) is 35.0 Å². The maximum absolute atomic E-state index is 12.7. The number of halogens is 1. The van der Waals surface area contributed by atoms with Crippen molar-refractivity contribution in [3.8, 4) is 0 Å². The first-order chi connectivity index (χ1) is 10.7. The molecule has 4 heteroatoms. The number of pyridine rings is 1. The topological polar surface area (TPSA) is 34.4 Å². The Labute approximate surface area is 135 Å². The average molecular weight is 315 g/mol. The summed E-state index contributed by atoms with van der Waals surface area (Å²) in [5, 5.41) is 0.563. The Balaban J connectivity index is 1.97. The number of hydrogen-bond donors (Lipinski definition) is 0. The number of benzene rings is 1. The molecule has 1 aromatic heterocycles. The molecule has 0 bridgehead atoms. The van der Waals surface area contributed by atoms with Crippen LogP contribution < -0.4 is 5.49 Å². The second kappa shape index (κ2) is 6.93. The summed E-state index contributed by atoms with van der Waals surface area (Å²) in [4.78, 5) is 17.5. The number of aromatic nitrogens is 1. The average Bonchev–Trinajstić information content (AvgIpc) is 2.56. The maximum atomic E-state index is 12.7. The molecule has 0 unspecified atom stereocenters. The van der Waals surface area contributed by atoms with Gasteiger partial charge in [0.2, 0.25) is 0 Å². The van der Waals surface area contributed by atoms with E-state index in [9.17, 15) is 4.79 Å². The number of nitrogens with zero attached hydrogens (tertiary/aromatic N) is 2. The van der Waals surface area contributed by atoms with Crippen LogP contribution >= 0.6 is 11.6 Å². The first-order valence-corrected chi connectivity index (χ1v) is 8.13. The minimum atomic E-state index is -0.0994. The Morgan fingerprint density at radius 3 is 2.68 bits per heavy atom. The molecule has 114 valence electrons. The zero-order chi connectivity index (χ0) is 15.4. The normalized spacial score (nSPS) is 16.7. The monoisotopic (exact) mass is 314 g/mol. The minimum absolute atomic E-state index is 0.0994. The molecule has 1 aromatic carbocycles. The third-order valence-electron chi connectivity index (χ3n) is 4.02. The number of hydrogen-bond acceptors (Lipinski definition) is 2. The van der Waals surface area contributed by atoms with Crippen LogP contribution in [0.5, 0.6) is 0 Å². The van der Waals surface area contributed by atoms with E-state index in [1.165, 1.54) is 19.3 Å². The summed E-state index contributed by atoms with van der Waals surface area (Å²) < 4.78 is 1.61. The van der Waals surface area contributed by atoms with Crippen molar-refractivity contribution in [2.75, 3.05) is 0 Å². The van der Waals surface area contributed by atoms with Gasteiger partial charge in [-0.3, -0.25) is 14.4 Å². The smallest absolute Gasteiger partial charge is 0.263 e. The minimum Gasteiger partial charge on any atom is -0.268 e. The third kappa shape index (κ3) is 3.47. The van der Waals surface area contributed by atoms with E-state index in [-0.39, 0.29) is 5.91 Å². The fraction of sp³-hybridized carbons (Fsp3) is 0.333. The Kier molecular flexibility index (Phi) is 4.74. The molecule has 3 nitrogen and oxygen atoms in total. The number of carbonyl (C=O) groups excluding carboxylic acids is 1. The lowest BCUT2D eigenvalue weighted by molar-refractivity contribution is 0.0954. The van der Waals surface area contributed by atoms with Crippen LogP contribution in [0.3, 0.4) is 0 Å². The highest BCUT2D eigenvalue weighted by atomic mass is 35.5. The molecule has 0 saturated heterocycles. The van der Waals surface area contributed by atoms with Crippen LogP contribution in [-0.2, 0) is 0 Å². The predicted octanol–water partition coefficient (Wildman–Crippen LogP) is 4.06. The van der Waals surface area contributed by atoms with Gasteiger partial charge in [0, 0.05) is 16.8 Å². The molecule has 0 atom stereocenters. The fourth-order valence-corrected chi connectivity index (χ4v) is 3.06. The van der Waals surface area contributed by atoms with Crippen LogP contribution in [0.1, 0.15) is 42.5 Å². The van der Waals surface area contributed by atoms with Crippen molar-refractivity contribution in [1.29, 1.82) is 0 Å². The number of rotatable bonds is 2. The van der Waals surface area contributed by atoms with Crippen molar-refractivity contribution >= 4 is 17.5 Å². The molecule has 1 fully saturated rings. The fourth-order valence-electron chi connectivity index (χ4n) is 2.87. The van der Waals surface area contributed by atoms with Gasteiger partial charge < -0.3 is 0 Å². The molecule has 0 radical (unpaired) electrons. The lowest BCUT2D eigenvalue weighted by atomic mass is 9.96. The summed E-state index contributed by atoms with van der Waals surface area (Å²) in [7, 11) is 0. The summed E-state index contributed by atoms with van der Waals surface area (Å²) in [6.07, 6.45) is 7.74. The van der Waals surface area contributed by atoms with E-state index in [0.29, 0.717) is 16.6 Å². The van der Waals surface area contributed by atoms with Crippen molar-refractivity contribution in [2.24, 2.45) is 4.99 Å². The van der Waals surface area contributed by atoms with Gasteiger partial charge in [-0.25, -0.2) is 0 Å². The molecule has 1 aliphatic rings. The first kappa shape index (κ1) is 15.0.